The molecule has 3 aromatic rings. The number of amides is 1. The highest BCUT2D eigenvalue weighted by Gasteiger charge is 2.49. The molecule has 2 aromatic heterocycles. The average Bonchev–Trinajstić information content (AvgIpc) is 3.00. The van der Waals surface area contributed by atoms with E-state index in [-0.39, 0.29) is 22.6 Å². The zero-order valence-electron chi connectivity index (χ0n) is 16.7. The Hall–Kier alpha value is -3.21. The number of halogens is 4. The molecular formula is C21H19F4N5O2. The number of benzene rings is 1. The van der Waals surface area contributed by atoms with Crippen molar-refractivity contribution in [1.29, 1.82) is 0 Å². The van der Waals surface area contributed by atoms with Crippen LogP contribution in [0.1, 0.15) is 30.6 Å². The third-order valence-electron chi connectivity index (χ3n) is 5.81. The Morgan fingerprint density at radius 1 is 1.12 bits per heavy atom. The second kappa shape index (κ2) is 7.73. The lowest BCUT2D eigenvalue weighted by Crippen LogP contribution is -2.34. The van der Waals surface area contributed by atoms with Gasteiger partial charge in [-0.05, 0) is 38.1 Å². The molecule has 5 rings (SSSR count). The number of pyridine rings is 1. The molecule has 1 saturated heterocycles. The minimum absolute atomic E-state index is 0.120. The summed E-state index contributed by atoms with van der Waals surface area (Å²) < 4.78 is 62.4. The van der Waals surface area contributed by atoms with E-state index in [4.69, 9.17) is 0 Å². The molecule has 4 heterocycles. The molecular weight excluding hydrogens is 430 g/mol. The summed E-state index contributed by atoms with van der Waals surface area (Å²) in [6, 6.07) is 7.86. The molecule has 3 atom stereocenters. The molecule has 0 aliphatic carbocycles. The molecule has 0 bridgehead atoms. The fourth-order valence-electron chi connectivity index (χ4n) is 4.37. The molecule has 0 unspecified atom stereocenters. The first-order valence-corrected chi connectivity index (χ1v) is 10.2. The molecule has 1 aromatic carbocycles. The number of cyclic esters (lactones) is 1. The highest BCUT2D eigenvalue weighted by atomic mass is 19.4. The van der Waals surface area contributed by atoms with Gasteiger partial charge < -0.3 is 10.1 Å². The Morgan fingerprint density at radius 2 is 1.91 bits per heavy atom. The van der Waals surface area contributed by atoms with Gasteiger partial charge in [-0.15, -0.1) is 0 Å². The second-order valence-corrected chi connectivity index (χ2v) is 7.79. The van der Waals surface area contributed by atoms with Crippen LogP contribution in [0.2, 0.25) is 0 Å². The number of hydrogen-bond donors (Lipinski definition) is 2. The molecule has 1 amide bonds. The smallest absolute Gasteiger partial charge is 0.430 e. The largest absolute Gasteiger partial charge is 0.431 e. The number of nitrogens with zero attached hydrogens (tertiary/aromatic N) is 3. The number of aromatic nitrogens is 3. The van der Waals surface area contributed by atoms with Crippen LogP contribution in [0.3, 0.4) is 0 Å². The number of carbonyl (C=O) groups excluding carboxylic acids is 1. The third-order valence-corrected chi connectivity index (χ3v) is 5.81. The maximum Gasteiger partial charge on any atom is 0.430 e. The summed E-state index contributed by atoms with van der Waals surface area (Å²) in [5.41, 5.74) is 0.661. The van der Waals surface area contributed by atoms with Gasteiger partial charge in [-0.3, -0.25) is 10.00 Å². The van der Waals surface area contributed by atoms with E-state index in [0.29, 0.717) is 36.8 Å². The van der Waals surface area contributed by atoms with Gasteiger partial charge in [-0.2, -0.15) is 18.3 Å². The van der Waals surface area contributed by atoms with Crippen LogP contribution in [0.15, 0.2) is 36.5 Å². The summed E-state index contributed by atoms with van der Waals surface area (Å²) in [5.74, 6) is -0.234. The first-order valence-electron chi connectivity index (χ1n) is 10.2. The van der Waals surface area contributed by atoms with E-state index in [0.717, 1.165) is 0 Å². The van der Waals surface area contributed by atoms with Crippen molar-refractivity contribution in [1.82, 2.24) is 20.1 Å². The third kappa shape index (κ3) is 3.46. The molecule has 11 heteroatoms. The van der Waals surface area contributed by atoms with Crippen molar-refractivity contribution < 1.29 is 27.1 Å². The van der Waals surface area contributed by atoms with Crippen LogP contribution in [0.25, 0.3) is 22.2 Å². The predicted octanol–water partition coefficient (Wildman–Crippen LogP) is 4.53. The second-order valence-electron chi connectivity index (χ2n) is 7.79. The van der Waals surface area contributed by atoms with Crippen LogP contribution in [-0.2, 0) is 4.74 Å². The van der Waals surface area contributed by atoms with Crippen LogP contribution < -0.4 is 10.6 Å². The number of fused-ring (bicyclic) bond motifs is 2. The Balaban J connectivity index is 1.72. The minimum atomic E-state index is -4.85. The van der Waals surface area contributed by atoms with Gasteiger partial charge in [0.05, 0.1) is 17.1 Å². The number of para-hydroxylation sites is 1. The number of hydrogen-bond acceptors (Lipinski definition) is 5. The van der Waals surface area contributed by atoms with E-state index in [2.05, 4.69) is 25.5 Å². The number of ether oxygens (including phenoxy) is 1. The fourth-order valence-corrected chi connectivity index (χ4v) is 4.37. The summed E-state index contributed by atoms with van der Waals surface area (Å²) in [7, 11) is 0. The molecule has 7 nitrogen and oxygen atoms in total. The number of anilines is 1. The lowest BCUT2D eigenvalue weighted by molar-refractivity contribution is -0.206. The molecule has 32 heavy (non-hydrogen) atoms. The lowest BCUT2D eigenvalue weighted by Gasteiger charge is -2.28. The maximum absolute atomic E-state index is 14.9. The molecule has 2 aliphatic rings. The highest BCUT2D eigenvalue weighted by molar-refractivity contribution is 5.97. The monoisotopic (exact) mass is 449 g/mol. The van der Waals surface area contributed by atoms with E-state index >= 15 is 0 Å². The quantitative estimate of drug-likeness (QED) is 0.562. The summed E-state index contributed by atoms with van der Waals surface area (Å²) in [6.07, 6.45) is -7.62. The molecule has 168 valence electrons. The van der Waals surface area contributed by atoms with E-state index in [9.17, 15) is 22.4 Å². The molecule has 0 spiro atoms. The zero-order valence-corrected chi connectivity index (χ0v) is 16.7. The van der Waals surface area contributed by atoms with Gasteiger partial charge in [0.1, 0.15) is 17.7 Å². The summed E-state index contributed by atoms with van der Waals surface area (Å²) >= 11 is 0. The van der Waals surface area contributed by atoms with Crippen molar-refractivity contribution in [2.24, 2.45) is 0 Å². The normalized spacial score (nSPS) is 23.9. The van der Waals surface area contributed by atoms with E-state index < -0.39 is 30.6 Å². The molecule has 2 aliphatic heterocycles. The van der Waals surface area contributed by atoms with Crippen LogP contribution in [0.5, 0.6) is 0 Å². The van der Waals surface area contributed by atoms with Crippen molar-refractivity contribution in [3.63, 3.8) is 0 Å². The summed E-state index contributed by atoms with van der Waals surface area (Å²) in [4.78, 5) is 15.6. The van der Waals surface area contributed by atoms with Crippen molar-refractivity contribution in [2.45, 2.75) is 37.3 Å². The number of nitrogens with one attached hydrogen (secondary N) is 2. The topological polar surface area (TPSA) is 81.1 Å². The predicted molar refractivity (Wildman–Crippen MR) is 108 cm³/mol. The number of rotatable bonds is 2. The van der Waals surface area contributed by atoms with Gasteiger partial charge in [-0.25, -0.2) is 14.2 Å². The van der Waals surface area contributed by atoms with E-state index in [1.54, 1.807) is 28.9 Å². The standard InChI is InChI=1S/C21H19F4N5O2/c22-13-6-8-26-9-7-15(13)30-14-4-2-1-3-11(14)17(29-30)12-5-10-27-19-16(12)18(21(23,24)25)32-20(31)28-19/h1-5,10,13,15,18,26H,6-9H2,(H,27,28,31)/t13-,15+,18+/m0/s1. The van der Waals surface area contributed by atoms with Gasteiger partial charge in [-0.1, -0.05) is 18.2 Å². The maximum atomic E-state index is 14.9. The first kappa shape index (κ1) is 20.7. The Labute approximate surface area is 179 Å². The van der Waals surface area contributed by atoms with Crippen LogP contribution in [0, 0.1) is 0 Å². The van der Waals surface area contributed by atoms with Crippen molar-refractivity contribution >= 4 is 22.8 Å². The van der Waals surface area contributed by atoms with E-state index in [1.807, 2.05) is 0 Å². The van der Waals surface area contributed by atoms with Gasteiger partial charge in [0.25, 0.3) is 0 Å². The average molecular weight is 449 g/mol. The first-order chi connectivity index (χ1) is 15.3. The van der Waals surface area contributed by atoms with Crippen molar-refractivity contribution in [2.75, 3.05) is 18.4 Å². The molecule has 0 radical (unpaired) electrons. The number of alkyl halides is 4. The van der Waals surface area contributed by atoms with Gasteiger partial charge in [0, 0.05) is 17.1 Å². The van der Waals surface area contributed by atoms with Gasteiger partial charge in [0.2, 0.25) is 6.10 Å². The summed E-state index contributed by atoms with van der Waals surface area (Å²) in [5, 5.41) is 10.6. The SMILES string of the molecule is O=C1Nc2nccc(-c3nn([C@@H]4CCNCC[C@@H]4F)c4ccccc34)c2[C@H](C(F)(F)F)O1. The lowest BCUT2D eigenvalue weighted by atomic mass is 9.97. The fraction of sp³-hybridized carbons (Fsp3) is 0.381. The van der Waals surface area contributed by atoms with Crippen LogP contribution >= 0.6 is 0 Å². The van der Waals surface area contributed by atoms with E-state index in [1.165, 1.54) is 12.3 Å². The highest BCUT2D eigenvalue weighted by Crippen LogP contribution is 2.46. The molecule has 2 N–H and O–H groups in total. The molecule has 1 fully saturated rings. The van der Waals surface area contributed by atoms with Crippen molar-refractivity contribution in [3.8, 4) is 11.3 Å². The summed E-state index contributed by atoms with van der Waals surface area (Å²) in [6.45, 7) is 1.15. The number of carbonyl (C=O) groups is 1. The Kier molecular flexibility index (Phi) is 5.00. The molecule has 0 saturated carbocycles. The zero-order chi connectivity index (χ0) is 22.5. The van der Waals surface area contributed by atoms with Gasteiger partial charge in [0.15, 0.2) is 0 Å². The van der Waals surface area contributed by atoms with Crippen LogP contribution in [0.4, 0.5) is 28.2 Å². The van der Waals surface area contributed by atoms with Gasteiger partial charge >= 0.3 is 12.3 Å². The van der Waals surface area contributed by atoms with Crippen LogP contribution in [-0.4, -0.2) is 46.3 Å². The van der Waals surface area contributed by atoms with Crippen molar-refractivity contribution in [3.05, 3.63) is 42.1 Å². The minimum Gasteiger partial charge on any atom is -0.431 e. The Morgan fingerprint density at radius 3 is 2.72 bits per heavy atom. The Bertz CT molecular complexity index is 1180.